The second kappa shape index (κ2) is 3.50. The Morgan fingerprint density at radius 2 is 1.86 bits per heavy atom. The molecule has 0 aromatic heterocycles. The Balaban J connectivity index is 2.46. The van der Waals surface area contributed by atoms with Crippen molar-refractivity contribution in [1.29, 1.82) is 0 Å². The molecule has 2 aliphatic carbocycles. The van der Waals surface area contributed by atoms with Gasteiger partial charge in [0.05, 0.1) is 5.57 Å². The molecule has 70 valence electrons. The molecule has 0 atom stereocenters. The van der Waals surface area contributed by atoms with Crippen LogP contribution in [0.25, 0.3) is 0 Å². The molecule has 0 heterocycles. The van der Waals surface area contributed by atoms with Crippen LogP contribution in [0.5, 0.6) is 0 Å². The molecule has 2 aliphatic rings. The van der Waals surface area contributed by atoms with Gasteiger partial charge < -0.3 is 5.11 Å². The maximum atomic E-state index is 10.8. The molecule has 2 rings (SSSR count). The minimum atomic E-state index is -0.877. The first-order chi connectivity index (χ1) is 6.75. The van der Waals surface area contributed by atoms with Gasteiger partial charge in [-0.25, -0.2) is 4.79 Å². The summed E-state index contributed by atoms with van der Waals surface area (Å²) in [6.07, 6.45) is 13.9. The Kier molecular flexibility index (Phi) is 2.19. The molecule has 0 saturated heterocycles. The predicted octanol–water partition coefficient (Wildman–Crippen LogP) is 2.38. The van der Waals surface area contributed by atoms with Gasteiger partial charge in [-0.2, -0.15) is 0 Å². The molecular formula is C12H10O2. The molecule has 2 bridgehead atoms. The van der Waals surface area contributed by atoms with Crippen LogP contribution in [-0.4, -0.2) is 11.1 Å². The van der Waals surface area contributed by atoms with Crippen molar-refractivity contribution >= 4 is 5.97 Å². The van der Waals surface area contributed by atoms with Gasteiger partial charge in [-0.05, 0) is 29.7 Å². The summed E-state index contributed by atoms with van der Waals surface area (Å²) in [5, 5.41) is 8.87. The lowest BCUT2D eigenvalue weighted by Crippen LogP contribution is -1.97. The van der Waals surface area contributed by atoms with Crippen molar-refractivity contribution in [3.63, 3.8) is 0 Å². The molecule has 14 heavy (non-hydrogen) atoms. The van der Waals surface area contributed by atoms with Crippen LogP contribution in [0.1, 0.15) is 6.42 Å². The van der Waals surface area contributed by atoms with Crippen LogP contribution in [0.15, 0.2) is 59.3 Å². The van der Waals surface area contributed by atoms with Crippen molar-refractivity contribution in [2.45, 2.75) is 6.42 Å². The average Bonchev–Trinajstić information content (AvgIpc) is 2.49. The van der Waals surface area contributed by atoms with Gasteiger partial charge in [-0.1, -0.05) is 30.4 Å². The Morgan fingerprint density at radius 3 is 2.57 bits per heavy atom. The monoisotopic (exact) mass is 186 g/mol. The highest BCUT2D eigenvalue weighted by Crippen LogP contribution is 2.22. The maximum Gasteiger partial charge on any atom is 0.335 e. The fraction of sp³-hybridized carbons (Fsp3) is 0.0833. The van der Waals surface area contributed by atoms with Gasteiger partial charge in [0, 0.05) is 0 Å². The van der Waals surface area contributed by atoms with E-state index in [1.165, 1.54) is 0 Å². The van der Waals surface area contributed by atoms with Crippen molar-refractivity contribution in [2.24, 2.45) is 0 Å². The summed E-state index contributed by atoms with van der Waals surface area (Å²) in [5.74, 6) is -0.877. The van der Waals surface area contributed by atoms with E-state index in [0.717, 1.165) is 17.6 Å². The molecule has 0 spiro atoms. The molecule has 1 N–H and O–H groups in total. The number of rotatable bonds is 1. The number of carbonyl (C=O) groups is 1. The molecule has 0 aliphatic heterocycles. The van der Waals surface area contributed by atoms with Crippen LogP contribution in [0.3, 0.4) is 0 Å². The molecular weight excluding hydrogens is 176 g/mol. The fourth-order valence-electron chi connectivity index (χ4n) is 1.50. The molecule has 0 fully saturated rings. The van der Waals surface area contributed by atoms with Gasteiger partial charge in [0.1, 0.15) is 0 Å². The summed E-state index contributed by atoms with van der Waals surface area (Å²) in [6, 6.07) is 0. The highest BCUT2D eigenvalue weighted by molar-refractivity contribution is 5.91. The van der Waals surface area contributed by atoms with Gasteiger partial charge in [-0.15, -0.1) is 0 Å². The van der Waals surface area contributed by atoms with Crippen LogP contribution in [-0.2, 0) is 4.79 Å². The van der Waals surface area contributed by atoms with E-state index in [-0.39, 0.29) is 0 Å². The van der Waals surface area contributed by atoms with Gasteiger partial charge in [-0.3, -0.25) is 0 Å². The van der Waals surface area contributed by atoms with E-state index in [1.54, 1.807) is 12.2 Å². The molecule has 0 unspecified atom stereocenters. The topological polar surface area (TPSA) is 37.3 Å². The summed E-state index contributed by atoms with van der Waals surface area (Å²) in [7, 11) is 0. The zero-order valence-corrected chi connectivity index (χ0v) is 7.60. The third kappa shape index (κ3) is 1.74. The first kappa shape index (κ1) is 8.75. The normalized spacial score (nSPS) is 19.0. The van der Waals surface area contributed by atoms with Gasteiger partial charge in [0.15, 0.2) is 0 Å². The van der Waals surface area contributed by atoms with Crippen molar-refractivity contribution in [2.75, 3.05) is 0 Å². The SMILES string of the molecule is O=C(O)C1=CC2=CC=CC=C(C=C1)C2. The van der Waals surface area contributed by atoms with E-state index in [2.05, 4.69) is 0 Å². The summed E-state index contributed by atoms with van der Waals surface area (Å²) in [4.78, 5) is 10.8. The van der Waals surface area contributed by atoms with Gasteiger partial charge >= 0.3 is 5.97 Å². The molecule has 2 nitrogen and oxygen atoms in total. The number of carboxylic acids is 1. The number of allylic oxidation sites excluding steroid dienone is 8. The first-order valence-electron chi connectivity index (χ1n) is 4.45. The third-order valence-electron chi connectivity index (χ3n) is 2.20. The summed E-state index contributed by atoms with van der Waals surface area (Å²) in [6.45, 7) is 0. The molecule has 0 saturated carbocycles. The second-order valence-corrected chi connectivity index (χ2v) is 3.28. The van der Waals surface area contributed by atoms with E-state index in [0.29, 0.717) is 5.57 Å². The smallest absolute Gasteiger partial charge is 0.335 e. The summed E-state index contributed by atoms with van der Waals surface area (Å²) in [5.41, 5.74) is 2.51. The van der Waals surface area contributed by atoms with Crippen LogP contribution < -0.4 is 0 Å². The Morgan fingerprint density at radius 1 is 1.14 bits per heavy atom. The summed E-state index contributed by atoms with van der Waals surface area (Å²) < 4.78 is 0. The van der Waals surface area contributed by atoms with Crippen molar-refractivity contribution < 1.29 is 9.90 Å². The van der Waals surface area contributed by atoms with Crippen molar-refractivity contribution in [3.8, 4) is 0 Å². The van der Waals surface area contributed by atoms with Gasteiger partial charge in [0.2, 0.25) is 0 Å². The Hall–Kier alpha value is -1.83. The van der Waals surface area contributed by atoms with Gasteiger partial charge in [0.25, 0.3) is 0 Å². The lowest BCUT2D eigenvalue weighted by atomic mass is 10.1. The third-order valence-corrected chi connectivity index (χ3v) is 2.20. The predicted molar refractivity (Wildman–Crippen MR) is 54.8 cm³/mol. The molecule has 0 aromatic carbocycles. The van der Waals surface area contributed by atoms with E-state index < -0.39 is 5.97 Å². The minimum absolute atomic E-state index is 0.343. The van der Waals surface area contributed by atoms with Crippen LogP contribution in [0, 0.1) is 0 Å². The highest BCUT2D eigenvalue weighted by atomic mass is 16.4. The fourth-order valence-corrected chi connectivity index (χ4v) is 1.50. The number of aliphatic carboxylic acids is 1. The lowest BCUT2D eigenvalue weighted by molar-refractivity contribution is -0.132. The minimum Gasteiger partial charge on any atom is -0.478 e. The largest absolute Gasteiger partial charge is 0.478 e. The van der Waals surface area contributed by atoms with E-state index in [1.807, 2.05) is 30.4 Å². The zero-order valence-electron chi connectivity index (χ0n) is 7.60. The van der Waals surface area contributed by atoms with E-state index in [4.69, 9.17) is 5.11 Å². The van der Waals surface area contributed by atoms with Crippen molar-refractivity contribution in [1.82, 2.24) is 0 Å². The number of fused-ring (bicyclic) bond motifs is 2. The molecule has 0 amide bonds. The second-order valence-electron chi connectivity index (χ2n) is 3.28. The number of carboxylic acid groups (broad SMARTS) is 1. The standard InChI is InChI=1S/C12H10O2/c13-12(14)11-6-5-9-3-1-2-4-10(7-9)8-11/h1-6,8H,7H2,(H,13,14). The van der Waals surface area contributed by atoms with Crippen LogP contribution in [0.4, 0.5) is 0 Å². The number of hydrogen-bond donors (Lipinski definition) is 1. The van der Waals surface area contributed by atoms with E-state index >= 15 is 0 Å². The summed E-state index contributed by atoms with van der Waals surface area (Å²) >= 11 is 0. The van der Waals surface area contributed by atoms with Crippen LogP contribution >= 0.6 is 0 Å². The molecule has 0 aromatic rings. The highest BCUT2D eigenvalue weighted by Gasteiger charge is 2.09. The first-order valence-corrected chi connectivity index (χ1v) is 4.45. The Bertz CT molecular complexity index is 418. The maximum absolute atomic E-state index is 10.8. The van der Waals surface area contributed by atoms with Crippen LogP contribution in [0.2, 0.25) is 0 Å². The lowest BCUT2D eigenvalue weighted by Gasteiger charge is -1.97. The zero-order chi connectivity index (χ0) is 9.97. The Labute approximate surface area is 82.2 Å². The molecule has 2 heteroatoms. The quantitative estimate of drug-likeness (QED) is 0.682. The van der Waals surface area contributed by atoms with Crippen molar-refractivity contribution in [3.05, 3.63) is 59.3 Å². The molecule has 0 radical (unpaired) electrons. The number of hydrogen-bond acceptors (Lipinski definition) is 1. The van der Waals surface area contributed by atoms with E-state index in [9.17, 15) is 4.79 Å². The average molecular weight is 186 g/mol.